The van der Waals surface area contributed by atoms with Crippen molar-refractivity contribution < 1.29 is 4.79 Å². The summed E-state index contributed by atoms with van der Waals surface area (Å²) in [6.45, 7) is 2.30. The van der Waals surface area contributed by atoms with E-state index in [1.807, 2.05) is 6.92 Å². The van der Waals surface area contributed by atoms with Crippen molar-refractivity contribution >= 4 is 23.2 Å². The highest BCUT2D eigenvalue weighted by Gasteiger charge is 2.21. The van der Waals surface area contributed by atoms with Gasteiger partial charge in [0.2, 0.25) is 5.91 Å². The van der Waals surface area contributed by atoms with Crippen LogP contribution in [0.15, 0.2) is 23.4 Å². The molecule has 4 nitrogen and oxygen atoms in total. The molecule has 2 rings (SSSR count). The van der Waals surface area contributed by atoms with E-state index in [9.17, 15) is 4.79 Å². The van der Waals surface area contributed by atoms with Gasteiger partial charge in [-0.05, 0) is 12.1 Å². The van der Waals surface area contributed by atoms with Crippen LogP contribution in [0.5, 0.6) is 0 Å². The Morgan fingerprint density at radius 3 is 3.00 bits per heavy atom. The second-order valence-corrected chi connectivity index (χ2v) is 4.50. The monoisotopic (exact) mass is 275 g/mol. The van der Waals surface area contributed by atoms with Crippen LogP contribution in [0.4, 0.5) is 0 Å². The zero-order valence-electron chi connectivity index (χ0n) is 10.7. The van der Waals surface area contributed by atoms with Crippen molar-refractivity contribution in [3.63, 3.8) is 0 Å². The lowest BCUT2D eigenvalue weighted by atomic mass is 10.1. The Morgan fingerprint density at radius 1 is 1.42 bits per heavy atom. The highest BCUT2D eigenvalue weighted by molar-refractivity contribution is 6.30. The SMILES string of the molecule is CCC#CCN1N=C(c2cc(Cl)ccn2)CCC1=O. The third-order valence-electron chi connectivity index (χ3n) is 2.65. The highest BCUT2D eigenvalue weighted by Crippen LogP contribution is 2.16. The molecule has 0 saturated carbocycles. The molecule has 0 atom stereocenters. The van der Waals surface area contributed by atoms with Gasteiger partial charge in [0.1, 0.15) is 6.54 Å². The van der Waals surface area contributed by atoms with Crippen LogP contribution in [0.25, 0.3) is 0 Å². The minimum Gasteiger partial charge on any atom is -0.273 e. The Kier molecular flexibility index (Phi) is 4.53. The van der Waals surface area contributed by atoms with E-state index in [-0.39, 0.29) is 5.91 Å². The number of pyridine rings is 1. The first-order chi connectivity index (χ1) is 9.20. The maximum Gasteiger partial charge on any atom is 0.243 e. The minimum absolute atomic E-state index is 0.00354. The van der Waals surface area contributed by atoms with Gasteiger partial charge in [0.05, 0.1) is 11.4 Å². The summed E-state index contributed by atoms with van der Waals surface area (Å²) >= 11 is 5.93. The first-order valence-corrected chi connectivity index (χ1v) is 6.54. The van der Waals surface area contributed by atoms with Gasteiger partial charge in [-0.15, -0.1) is 5.92 Å². The van der Waals surface area contributed by atoms with Crippen molar-refractivity contribution in [1.82, 2.24) is 9.99 Å². The van der Waals surface area contributed by atoms with E-state index < -0.39 is 0 Å². The molecule has 0 saturated heterocycles. The standard InChI is InChI=1S/C14H14ClN3O/c1-2-3-4-9-18-14(19)6-5-12(17-18)13-10-11(15)7-8-16-13/h7-8,10H,2,5-6,9H2,1H3. The first-order valence-electron chi connectivity index (χ1n) is 6.16. The number of hydrogen-bond donors (Lipinski definition) is 0. The minimum atomic E-state index is -0.00354. The Bertz CT molecular complexity index is 572. The summed E-state index contributed by atoms with van der Waals surface area (Å²) in [6.07, 6.45) is 3.43. The second kappa shape index (κ2) is 6.35. The summed E-state index contributed by atoms with van der Waals surface area (Å²) in [5, 5.41) is 6.34. The average Bonchev–Trinajstić information content (AvgIpc) is 2.41. The molecule has 1 aromatic heterocycles. The molecule has 1 aliphatic heterocycles. The molecule has 1 aliphatic rings. The molecule has 0 fully saturated rings. The number of halogens is 1. The predicted molar refractivity (Wildman–Crippen MR) is 74.8 cm³/mol. The highest BCUT2D eigenvalue weighted by atomic mass is 35.5. The largest absolute Gasteiger partial charge is 0.273 e. The lowest BCUT2D eigenvalue weighted by molar-refractivity contribution is -0.131. The lowest BCUT2D eigenvalue weighted by Crippen LogP contribution is -2.32. The second-order valence-electron chi connectivity index (χ2n) is 4.06. The fourth-order valence-electron chi connectivity index (χ4n) is 1.73. The van der Waals surface area contributed by atoms with E-state index in [0.29, 0.717) is 30.1 Å². The van der Waals surface area contributed by atoms with Crippen molar-refractivity contribution in [1.29, 1.82) is 0 Å². The molecule has 5 heteroatoms. The third-order valence-corrected chi connectivity index (χ3v) is 2.89. The van der Waals surface area contributed by atoms with Crippen LogP contribution in [-0.4, -0.2) is 28.2 Å². The number of carbonyl (C=O) groups is 1. The van der Waals surface area contributed by atoms with Crippen LogP contribution in [0, 0.1) is 11.8 Å². The van der Waals surface area contributed by atoms with E-state index in [1.54, 1.807) is 18.3 Å². The number of hydrazone groups is 1. The van der Waals surface area contributed by atoms with E-state index in [0.717, 1.165) is 12.1 Å². The maximum absolute atomic E-state index is 11.7. The fourth-order valence-corrected chi connectivity index (χ4v) is 1.89. The Labute approximate surface area is 117 Å². The van der Waals surface area contributed by atoms with Gasteiger partial charge in [-0.1, -0.05) is 24.4 Å². The van der Waals surface area contributed by atoms with Gasteiger partial charge in [-0.25, -0.2) is 5.01 Å². The van der Waals surface area contributed by atoms with Gasteiger partial charge >= 0.3 is 0 Å². The number of nitrogens with zero attached hydrogens (tertiary/aromatic N) is 3. The topological polar surface area (TPSA) is 45.6 Å². The quantitative estimate of drug-likeness (QED) is 0.779. The smallest absolute Gasteiger partial charge is 0.243 e. The Morgan fingerprint density at radius 2 is 2.26 bits per heavy atom. The van der Waals surface area contributed by atoms with Gasteiger partial charge in [-0.2, -0.15) is 5.10 Å². The maximum atomic E-state index is 11.7. The van der Waals surface area contributed by atoms with E-state index in [1.165, 1.54) is 5.01 Å². The van der Waals surface area contributed by atoms with Crippen molar-refractivity contribution in [2.75, 3.05) is 6.54 Å². The van der Waals surface area contributed by atoms with Crippen molar-refractivity contribution in [2.24, 2.45) is 5.10 Å². The summed E-state index contributed by atoms with van der Waals surface area (Å²) in [4.78, 5) is 16.0. The van der Waals surface area contributed by atoms with Crippen LogP contribution < -0.4 is 0 Å². The molecule has 1 aromatic rings. The fraction of sp³-hybridized carbons (Fsp3) is 0.357. The Hall–Kier alpha value is -1.86. The normalized spacial score (nSPS) is 14.7. The van der Waals surface area contributed by atoms with E-state index >= 15 is 0 Å². The Balaban J connectivity index is 2.21. The van der Waals surface area contributed by atoms with Gasteiger partial charge < -0.3 is 0 Å². The van der Waals surface area contributed by atoms with Crippen molar-refractivity contribution in [3.8, 4) is 11.8 Å². The first kappa shape index (κ1) is 13.6. The van der Waals surface area contributed by atoms with Gasteiger partial charge in [-0.3, -0.25) is 9.78 Å². The molecule has 19 heavy (non-hydrogen) atoms. The molecule has 2 heterocycles. The number of carbonyl (C=O) groups excluding carboxylic acids is 1. The molecule has 0 radical (unpaired) electrons. The molecule has 0 N–H and O–H groups in total. The van der Waals surface area contributed by atoms with Crippen molar-refractivity contribution in [3.05, 3.63) is 29.0 Å². The van der Waals surface area contributed by atoms with Crippen LogP contribution in [0.2, 0.25) is 5.02 Å². The van der Waals surface area contributed by atoms with E-state index in [2.05, 4.69) is 21.9 Å². The summed E-state index contributed by atoms with van der Waals surface area (Å²) in [5.74, 6) is 5.85. The zero-order chi connectivity index (χ0) is 13.7. The van der Waals surface area contributed by atoms with Gasteiger partial charge in [0.25, 0.3) is 0 Å². The molecule has 0 spiro atoms. The molecule has 0 aliphatic carbocycles. The molecule has 0 bridgehead atoms. The van der Waals surface area contributed by atoms with Crippen molar-refractivity contribution in [2.45, 2.75) is 26.2 Å². The molecule has 0 aromatic carbocycles. The summed E-state index contributed by atoms with van der Waals surface area (Å²) in [7, 11) is 0. The summed E-state index contributed by atoms with van der Waals surface area (Å²) < 4.78 is 0. The van der Waals surface area contributed by atoms with Crippen LogP contribution in [0.3, 0.4) is 0 Å². The summed E-state index contributed by atoms with van der Waals surface area (Å²) in [6, 6.07) is 3.47. The van der Waals surface area contributed by atoms with E-state index in [4.69, 9.17) is 11.6 Å². The van der Waals surface area contributed by atoms with Crippen LogP contribution in [-0.2, 0) is 4.79 Å². The van der Waals surface area contributed by atoms with Gasteiger partial charge in [0, 0.05) is 30.5 Å². The molecular weight excluding hydrogens is 262 g/mol. The van der Waals surface area contributed by atoms with Gasteiger partial charge in [0.15, 0.2) is 0 Å². The third kappa shape index (κ3) is 3.55. The molecular formula is C14H14ClN3O. The molecule has 98 valence electrons. The van der Waals surface area contributed by atoms with Crippen LogP contribution >= 0.6 is 11.6 Å². The number of aromatic nitrogens is 1. The van der Waals surface area contributed by atoms with Crippen LogP contribution in [0.1, 0.15) is 31.9 Å². The number of amides is 1. The summed E-state index contributed by atoms with van der Waals surface area (Å²) in [5.41, 5.74) is 1.49. The number of rotatable bonds is 2. The molecule has 0 unspecified atom stereocenters. The lowest BCUT2D eigenvalue weighted by Gasteiger charge is -2.21. The number of hydrogen-bond acceptors (Lipinski definition) is 3. The molecule has 1 amide bonds. The average molecular weight is 276 g/mol. The zero-order valence-corrected chi connectivity index (χ0v) is 11.4. The predicted octanol–water partition coefficient (Wildman–Crippen LogP) is 2.47.